The second-order valence-electron chi connectivity index (χ2n) is 6.30. The molecule has 0 spiro atoms. The van der Waals surface area contributed by atoms with E-state index < -0.39 is 6.67 Å². The number of anilines is 2. The highest BCUT2D eigenvalue weighted by Gasteiger charge is 2.28. The van der Waals surface area contributed by atoms with E-state index in [1.165, 1.54) is 0 Å². The van der Waals surface area contributed by atoms with Gasteiger partial charge in [0.05, 0.1) is 40.1 Å². The van der Waals surface area contributed by atoms with Crippen molar-refractivity contribution >= 4 is 17.3 Å². The van der Waals surface area contributed by atoms with Gasteiger partial charge in [-0.15, -0.1) is 0 Å². The molecule has 28 heavy (non-hydrogen) atoms. The second-order valence-corrected chi connectivity index (χ2v) is 6.30. The summed E-state index contributed by atoms with van der Waals surface area (Å²) in [7, 11) is 1.62. The molecule has 0 bridgehead atoms. The van der Waals surface area contributed by atoms with Crippen molar-refractivity contribution in [1.29, 1.82) is 0 Å². The van der Waals surface area contributed by atoms with E-state index in [-0.39, 0.29) is 12.5 Å². The number of nitrogens with zero attached hydrogens (tertiary/aromatic N) is 1. The van der Waals surface area contributed by atoms with E-state index in [0.29, 0.717) is 32.9 Å². The standard InChI is InChI=1S/C21H25FN2O4/c1-26-19-6-7-20-16(14-19)15-24(21(20)25)18-4-2-17(3-5-18)23-9-11-28-13-12-27-10-8-22/h2-7,14,23H,8-13,15H2,1H3. The van der Waals surface area contributed by atoms with Gasteiger partial charge in [-0.2, -0.15) is 0 Å². The van der Waals surface area contributed by atoms with Gasteiger partial charge in [0, 0.05) is 23.5 Å². The molecule has 1 amide bonds. The zero-order chi connectivity index (χ0) is 19.8. The van der Waals surface area contributed by atoms with Crippen molar-refractivity contribution in [3.8, 4) is 5.75 Å². The molecule has 0 radical (unpaired) electrons. The summed E-state index contributed by atoms with van der Waals surface area (Å²) in [5.74, 6) is 0.755. The quantitative estimate of drug-likeness (QED) is 0.599. The van der Waals surface area contributed by atoms with E-state index in [9.17, 15) is 9.18 Å². The number of fused-ring (bicyclic) bond motifs is 1. The third-order valence-corrected chi connectivity index (χ3v) is 4.46. The van der Waals surface area contributed by atoms with Gasteiger partial charge < -0.3 is 24.4 Å². The number of methoxy groups -OCH3 is 1. The lowest BCUT2D eigenvalue weighted by Crippen LogP contribution is -2.22. The van der Waals surface area contributed by atoms with E-state index in [1.807, 2.05) is 42.5 Å². The fraction of sp³-hybridized carbons (Fsp3) is 0.381. The lowest BCUT2D eigenvalue weighted by Gasteiger charge is -2.16. The van der Waals surface area contributed by atoms with Crippen LogP contribution < -0.4 is 15.0 Å². The first-order valence-corrected chi connectivity index (χ1v) is 9.27. The fourth-order valence-electron chi connectivity index (χ4n) is 3.04. The molecular formula is C21H25FN2O4. The van der Waals surface area contributed by atoms with Gasteiger partial charge in [0.2, 0.25) is 0 Å². The van der Waals surface area contributed by atoms with Gasteiger partial charge in [0.1, 0.15) is 12.4 Å². The van der Waals surface area contributed by atoms with Gasteiger partial charge in [-0.3, -0.25) is 4.79 Å². The molecule has 1 aliphatic rings. The Kier molecular flexibility index (Phi) is 7.22. The maximum absolute atomic E-state index is 12.6. The smallest absolute Gasteiger partial charge is 0.258 e. The molecule has 1 N–H and O–H groups in total. The Balaban J connectivity index is 1.46. The normalized spacial score (nSPS) is 12.9. The molecule has 0 saturated heterocycles. The van der Waals surface area contributed by atoms with Crippen LogP contribution in [0.3, 0.4) is 0 Å². The van der Waals surface area contributed by atoms with Gasteiger partial charge in [-0.25, -0.2) is 4.39 Å². The zero-order valence-corrected chi connectivity index (χ0v) is 15.9. The summed E-state index contributed by atoms with van der Waals surface area (Å²) in [6.45, 7) is 2.21. The first-order valence-electron chi connectivity index (χ1n) is 9.27. The number of carbonyl (C=O) groups excluding carboxylic acids is 1. The summed E-state index contributed by atoms with van der Waals surface area (Å²) in [6, 6.07) is 13.3. The van der Waals surface area contributed by atoms with Gasteiger partial charge in [0.15, 0.2) is 0 Å². The summed E-state index contributed by atoms with van der Waals surface area (Å²) in [6.07, 6.45) is 0. The lowest BCUT2D eigenvalue weighted by molar-refractivity contribution is 0.0464. The second kappa shape index (κ2) is 10.1. The number of nitrogens with one attached hydrogen (secondary N) is 1. The van der Waals surface area contributed by atoms with Gasteiger partial charge in [-0.05, 0) is 48.0 Å². The van der Waals surface area contributed by atoms with Crippen LogP contribution in [0.4, 0.5) is 15.8 Å². The van der Waals surface area contributed by atoms with Crippen LogP contribution in [0.1, 0.15) is 15.9 Å². The van der Waals surface area contributed by atoms with Crippen LogP contribution in [-0.4, -0.2) is 52.7 Å². The Hall–Kier alpha value is -2.64. The van der Waals surface area contributed by atoms with E-state index in [4.69, 9.17) is 14.2 Å². The molecule has 0 saturated carbocycles. The highest BCUT2D eigenvalue weighted by atomic mass is 19.1. The summed E-state index contributed by atoms with van der Waals surface area (Å²) >= 11 is 0. The third-order valence-electron chi connectivity index (χ3n) is 4.46. The largest absolute Gasteiger partial charge is 0.497 e. The Bertz CT molecular complexity index is 782. The number of ether oxygens (including phenoxy) is 3. The van der Waals surface area contributed by atoms with Crippen molar-refractivity contribution in [2.24, 2.45) is 0 Å². The van der Waals surface area contributed by atoms with Crippen molar-refractivity contribution in [2.45, 2.75) is 6.54 Å². The highest BCUT2D eigenvalue weighted by molar-refractivity contribution is 6.10. The summed E-state index contributed by atoms with van der Waals surface area (Å²) in [4.78, 5) is 14.4. The van der Waals surface area contributed by atoms with Crippen LogP contribution in [0.15, 0.2) is 42.5 Å². The Morgan fingerprint density at radius 1 is 1.04 bits per heavy atom. The molecule has 150 valence electrons. The number of halogens is 1. The average Bonchev–Trinajstić information content (AvgIpc) is 3.06. The third kappa shape index (κ3) is 4.99. The minimum Gasteiger partial charge on any atom is -0.497 e. The van der Waals surface area contributed by atoms with Crippen LogP contribution in [-0.2, 0) is 16.0 Å². The average molecular weight is 388 g/mol. The molecule has 0 unspecified atom stereocenters. The molecule has 0 fully saturated rings. The molecule has 0 aliphatic carbocycles. The lowest BCUT2D eigenvalue weighted by atomic mass is 10.1. The number of rotatable bonds is 11. The van der Waals surface area contributed by atoms with Crippen molar-refractivity contribution in [1.82, 2.24) is 0 Å². The first-order chi connectivity index (χ1) is 13.7. The van der Waals surface area contributed by atoms with E-state index >= 15 is 0 Å². The molecular weight excluding hydrogens is 363 g/mol. The molecule has 2 aromatic carbocycles. The summed E-state index contributed by atoms with van der Waals surface area (Å²) in [5.41, 5.74) is 3.49. The van der Waals surface area contributed by atoms with E-state index in [1.54, 1.807) is 12.0 Å². The highest BCUT2D eigenvalue weighted by Crippen LogP contribution is 2.31. The number of hydrogen-bond acceptors (Lipinski definition) is 5. The van der Waals surface area contributed by atoms with Crippen LogP contribution in [0.25, 0.3) is 0 Å². The Labute approximate surface area is 164 Å². The number of amides is 1. The zero-order valence-electron chi connectivity index (χ0n) is 15.9. The van der Waals surface area contributed by atoms with E-state index in [0.717, 1.165) is 28.3 Å². The Morgan fingerprint density at radius 3 is 2.50 bits per heavy atom. The Morgan fingerprint density at radius 2 is 1.79 bits per heavy atom. The molecule has 3 rings (SSSR count). The summed E-state index contributed by atoms with van der Waals surface area (Å²) < 4.78 is 27.5. The molecule has 2 aromatic rings. The SMILES string of the molecule is COc1ccc2c(c1)CN(c1ccc(NCCOCCOCCF)cc1)C2=O. The van der Waals surface area contributed by atoms with Crippen LogP contribution in [0.2, 0.25) is 0 Å². The summed E-state index contributed by atoms with van der Waals surface area (Å²) in [5, 5.41) is 3.26. The predicted octanol–water partition coefficient (Wildman–Crippen LogP) is 3.27. The van der Waals surface area contributed by atoms with Crippen molar-refractivity contribution < 1.29 is 23.4 Å². The van der Waals surface area contributed by atoms with Gasteiger partial charge in [0.25, 0.3) is 5.91 Å². The number of alkyl halides is 1. The maximum Gasteiger partial charge on any atom is 0.258 e. The van der Waals surface area contributed by atoms with Crippen molar-refractivity contribution in [3.63, 3.8) is 0 Å². The fourth-order valence-corrected chi connectivity index (χ4v) is 3.04. The molecule has 0 aromatic heterocycles. The minimum atomic E-state index is -0.471. The predicted molar refractivity (Wildman–Crippen MR) is 106 cm³/mol. The molecule has 1 heterocycles. The van der Waals surface area contributed by atoms with Crippen LogP contribution >= 0.6 is 0 Å². The van der Waals surface area contributed by atoms with Crippen molar-refractivity contribution in [3.05, 3.63) is 53.6 Å². The number of benzene rings is 2. The topological polar surface area (TPSA) is 60.0 Å². The van der Waals surface area contributed by atoms with Gasteiger partial charge >= 0.3 is 0 Å². The van der Waals surface area contributed by atoms with Crippen molar-refractivity contribution in [2.75, 3.05) is 57.0 Å². The number of hydrogen-bond donors (Lipinski definition) is 1. The first kappa shape index (κ1) is 20.1. The van der Waals surface area contributed by atoms with E-state index in [2.05, 4.69) is 5.32 Å². The maximum atomic E-state index is 12.6. The van der Waals surface area contributed by atoms with Crippen LogP contribution in [0.5, 0.6) is 5.75 Å². The number of carbonyl (C=O) groups is 1. The van der Waals surface area contributed by atoms with Gasteiger partial charge in [-0.1, -0.05) is 0 Å². The molecule has 7 heteroatoms. The minimum absolute atomic E-state index is 0.00161. The molecule has 6 nitrogen and oxygen atoms in total. The van der Waals surface area contributed by atoms with Crippen LogP contribution in [0, 0.1) is 0 Å². The monoisotopic (exact) mass is 388 g/mol. The molecule has 1 aliphatic heterocycles. The molecule has 0 atom stereocenters.